The fourth-order valence-electron chi connectivity index (χ4n) is 0.967. The van der Waals surface area contributed by atoms with Gasteiger partial charge in [0.2, 0.25) is 6.79 Å². The summed E-state index contributed by atoms with van der Waals surface area (Å²) < 4.78 is 14.2. The Kier molecular flexibility index (Phi) is 8.22. The van der Waals surface area contributed by atoms with Crippen LogP contribution in [0.1, 0.15) is 40.5 Å². The summed E-state index contributed by atoms with van der Waals surface area (Å²) in [6, 6.07) is 0. The van der Waals surface area contributed by atoms with Crippen molar-refractivity contribution >= 4 is 29.0 Å². The molecule has 0 aliphatic carbocycles. The fourth-order valence-corrected chi connectivity index (χ4v) is 1.55. The van der Waals surface area contributed by atoms with Crippen LogP contribution in [0.2, 0.25) is 0 Å². The standard InChI is InChI=1S/C12H20O6S/c1-9(13)16-8-17-11(15)19-7-5-6-10(14)18-12(2,3)4/h5-8H2,1-4H3. The first-order valence-electron chi connectivity index (χ1n) is 5.85. The molecule has 0 bridgehead atoms. The Balaban J connectivity index is 3.56. The minimum atomic E-state index is -0.537. The van der Waals surface area contributed by atoms with Crippen molar-refractivity contribution in [2.45, 2.75) is 46.1 Å². The number of carbonyl (C=O) groups excluding carboxylic acids is 3. The highest BCUT2D eigenvalue weighted by atomic mass is 32.2. The Bertz CT molecular complexity index is 321. The molecule has 0 radical (unpaired) electrons. The van der Waals surface area contributed by atoms with Crippen LogP contribution in [-0.2, 0) is 23.8 Å². The van der Waals surface area contributed by atoms with E-state index >= 15 is 0 Å². The summed E-state index contributed by atoms with van der Waals surface area (Å²) in [6.07, 6.45) is 0.768. The van der Waals surface area contributed by atoms with Crippen LogP contribution in [0.15, 0.2) is 0 Å². The van der Waals surface area contributed by atoms with E-state index in [9.17, 15) is 14.4 Å². The van der Waals surface area contributed by atoms with Gasteiger partial charge in [0, 0.05) is 19.1 Å². The number of hydrogen-bond acceptors (Lipinski definition) is 7. The molecule has 0 aliphatic heterocycles. The molecular weight excluding hydrogens is 272 g/mol. The van der Waals surface area contributed by atoms with E-state index in [0.717, 1.165) is 11.8 Å². The second-order valence-corrected chi connectivity index (χ2v) is 5.72. The number of thioether (sulfide) groups is 1. The van der Waals surface area contributed by atoms with Gasteiger partial charge in [-0.1, -0.05) is 0 Å². The molecule has 0 fully saturated rings. The second kappa shape index (κ2) is 8.79. The third kappa shape index (κ3) is 13.0. The molecule has 0 rings (SSSR count). The summed E-state index contributed by atoms with van der Waals surface area (Å²) in [5.74, 6) is -0.359. The summed E-state index contributed by atoms with van der Waals surface area (Å²) in [7, 11) is 0. The highest BCUT2D eigenvalue weighted by Gasteiger charge is 2.15. The van der Waals surface area contributed by atoms with E-state index in [0.29, 0.717) is 12.2 Å². The number of esters is 2. The highest BCUT2D eigenvalue weighted by Crippen LogP contribution is 2.12. The molecule has 7 heteroatoms. The molecule has 0 saturated carbocycles. The zero-order valence-corrected chi connectivity index (χ0v) is 12.5. The lowest BCUT2D eigenvalue weighted by molar-refractivity contribution is -0.155. The van der Waals surface area contributed by atoms with E-state index in [1.54, 1.807) is 20.8 Å². The van der Waals surface area contributed by atoms with Gasteiger partial charge in [0.15, 0.2) is 0 Å². The minimum absolute atomic E-state index is 0.251. The number of hydrogen-bond donors (Lipinski definition) is 0. The number of rotatable bonds is 6. The normalized spacial score (nSPS) is 10.7. The fraction of sp³-hybridized carbons (Fsp3) is 0.750. The number of ether oxygens (including phenoxy) is 3. The SMILES string of the molecule is CC(=O)OCOC(=O)SCCCC(=O)OC(C)(C)C. The zero-order chi connectivity index (χ0) is 14.9. The molecule has 0 spiro atoms. The molecule has 0 N–H and O–H groups in total. The molecule has 0 amide bonds. The van der Waals surface area contributed by atoms with Crippen LogP contribution in [0, 0.1) is 0 Å². The van der Waals surface area contributed by atoms with Crippen molar-refractivity contribution in [2.75, 3.05) is 12.5 Å². The summed E-state index contributed by atoms with van der Waals surface area (Å²) in [5.41, 5.74) is -0.493. The first kappa shape index (κ1) is 17.8. The van der Waals surface area contributed by atoms with Gasteiger partial charge in [0.05, 0.1) is 0 Å². The van der Waals surface area contributed by atoms with Gasteiger partial charge < -0.3 is 14.2 Å². The van der Waals surface area contributed by atoms with E-state index in [1.807, 2.05) is 0 Å². The summed E-state index contributed by atoms with van der Waals surface area (Å²) in [6.45, 7) is 6.24. The Morgan fingerprint density at radius 2 is 1.74 bits per heavy atom. The Hall–Kier alpha value is -1.24. The number of carbonyl (C=O) groups is 3. The average molecular weight is 292 g/mol. The van der Waals surface area contributed by atoms with Crippen molar-refractivity contribution in [2.24, 2.45) is 0 Å². The summed E-state index contributed by atoms with van der Waals surface area (Å²) in [5, 5.41) is -0.537. The lowest BCUT2D eigenvalue weighted by Gasteiger charge is -2.19. The second-order valence-electron chi connectivity index (χ2n) is 4.69. The lowest BCUT2D eigenvalue weighted by Crippen LogP contribution is -2.23. The van der Waals surface area contributed by atoms with E-state index in [2.05, 4.69) is 9.47 Å². The molecule has 110 valence electrons. The van der Waals surface area contributed by atoms with Crippen molar-refractivity contribution in [1.82, 2.24) is 0 Å². The highest BCUT2D eigenvalue weighted by molar-refractivity contribution is 8.13. The Labute approximate surface area is 117 Å². The van der Waals surface area contributed by atoms with Gasteiger partial charge in [-0.3, -0.25) is 9.59 Å². The Morgan fingerprint density at radius 3 is 2.26 bits per heavy atom. The molecule has 0 aromatic heterocycles. The van der Waals surface area contributed by atoms with Gasteiger partial charge in [-0.05, 0) is 39.0 Å². The first-order valence-corrected chi connectivity index (χ1v) is 6.84. The van der Waals surface area contributed by atoms with Crippen molar-refractivity contribution < 1.29 is 28.6 Å². The molecular formula is C12H20O6S. The minimum Gasteiger partial charge on any atom is -0.460 e. The van der Waals surface area contributed by atoms with Crippen LogP contribution in [0.25, 0.3) is 0 Å². The quantitative estimate of drug-likeness (QED) is 0.422. The first-order chi connectivity index (χ1) is 8.70. The average Bonchev–Trinajstić information content (AvgIpc) is 2.21. The van der Waals surface area contributed by atoms with Gasteiger partial charge in [-0.15, -0.1) is 0 Å². The van der Waals surface area contributed by atoms with E-state index in [1.165, 1.54) is 6.92 Å². The lowest BCUT2D eigenvalue weighted by atomic mass is 10.2. The van der Waals surface area contributed by atoms with Crippen molar-refractivity contribution in [1.29, 1.82) is 0 Å². The molecule has 0 aromatic rings. The zero-order valence-electron chi connectivity index (χ0n) is 11.7. The van der Waals surface area contributed by atoms with Crippen LogP contribution in [0.5, 0.6) is 0 Å². The van der Waals surface area contributed by atoms with Crippen molar-refractivity contribution in [3.8, 4) is 0 Å². The topological polar surface area (TPSA) is 78.9 Å². The molecule has 0 aliphatic rings. The van der Waals surface area contributed by atoms with Gasteiger partial charge in [-0.25, -0.2) is 4.79 Å². The smallest absolute Gasteiger partial charge is 0.370 e. The van der Waals surface area contributed by atoms with Crippen LogP contribution < -0.4 is 0 Å². The van der Waals surface area contributed by atoms with Gasteiger partial charge in [-0.2, -0.15) is 0 Å². The van der Waals surface area contributed by atoms with Gasteiger partial charge in [0.1, 0.15) is 5.60 Å². The third-order valence-corrected chi connectivity index (χ3v) is 2.45. The van der Waals surface area contributed by atoms with Crippen LogP contribution in [0.4, 0.5) is 4.79 Å². The molecule has 0 aromatic carbocycles. The third-order valence-electron chi connectivity index (χ3n) is 1.60. The molecule has 0 heterocycles. The molecule has 0 atom stereocenters. The van der Waals surface area contributed by atoms with Crippen LogP contribution >= 0.6 is 11.8 Å². The van der Waals surface area contributed by atoms with Crippen molar-refractivity contribution in [3.63, 3.8) is 0 Å². The largest absolute Gasteiger partial charge is 0.460 e. The van der Waals surface area contributed by atoms with Crippen LogP contribution in [0.3, 0.4) is 0 Å². The predicted octanol–water partition coefficient (Wildman–Crippen LogP) is 2.50. The van der Waals surface area contributed by atoms with Gasteiger partial charge in [0.25, 0.3) is 0 Å². The molecule has 19 heavy (non-hydrogen) atoms. The summed E-state index contributed by atoms with van der Waals surface area (Å²) in [4.78, 5) is 32.9. The van der Waals surface area contributed by atoms with E-state index < -0.39 is 16.9 Å². The van der Waals surface area contributed by atoms with Crippen molar-refractivity contribution in [3.05, 3.63) is 0 Å². The Morgan fingerprint density at radius 1 is 1.11 bits per heavy atom. The molecule has 0 saturated heterocycles. The maximum atomic E-state index is 11.3. The monoisotopic (exact) mass is 292 g/mol. The van der Waals surface area contributed by atoms with E-state index in [4.69, 9.17) is 4.74 Å². The maximum absolute atomic E-state index is 11.3. The maximum Gasteiger partial charge on any atom is 0.370 e. The molecule has 0 unspecified atom stereocenters. The summed E-state index contributed by atoms with van der Waals surface area (Å²) >= 11 is 0.928. The van der Waals surface area contributed by atoms with E-state index in [-0.39, 0.29) is 19.2 Å². The van der Waals surface area contributed by atoms with Gasteiger partial charge >= 0.3 is 17.2 Å². The van der Waals surface area contributed by atoms with Crippen LogP contribution in [-0.4, -0.2) is 35.4 Å². The molecule has 6 nitrogen and oxygen atoms in total. The predicted molar refractivity (Wildman–Crippen MR) is 70.7 cm³/mol.